The first-order valence-corrected chi connectivity index (χ1v) is 10.9. The molecule has 2 N–H and O–H groups in total. The van der Waals surface area contributed by atoms with Crippen molar-refractivity contribution in [2.45, 2.75) is 13.5 Å². The molecule has 1 heterocycles. The van der Waals surface area contributed by atoms with Crippen molar-refractivity contribution in [3.63, 3.8) is 0 Å². The summed E-state index contributed by atoms with van der Waals surface area (Å²) in [5.74, 6) is -0.731. The number of amides is 3. The molecule has 0 aromatic heterocycles. The third kappa shape index (κ3) is 4.79. The fraction of sp³-hybridized carbons (Fsp3) is 0.115. The maximum atomic E-state index is 13.0. The van der Waals surface area contributed by atoms with Crippen molar-refractivity contribution in [2.75, 3.05) is 17.7 Å². The Labute approximate surface area is 202 Å². The van der Waals surface area contributed by atoms with Crippen LogP contribution in [0.15, 0.2) is 83.5 Å². The van der Waals surface area contributed by atoms with Gasteiger partial charge in [0.15, 0.2) is 0 Å². The molecular weight excluding hydrogens is 454 g/mol. The summed E-state index contributed by atoms with van der Waals surface area (Å²) >= 11 is 6.24. The van der Waals surface area contributed by atoms with Gasteiger partial charge in [0.25, 0.3) is 17.7 Å². The zero-order valence-corrected chi connectivity index (χ0v) is 19.3. The standard InChI is InChI=1S/C26H22ClN3O4/c1-16-8-9-18(24(31)28-19-10-12-20(34-2)13-11-19)14-21(16)29-23-22(27)25(32)30(26(23)33)15-17-6-4-3-5-7-17/h3-14,29H,15H2,1-2H3,(H,28,31). The molecule has 0 fully saturated rings. The van der Waals surface area contributed by atoms with Crippen molar-refractivity contribution >= 4 is 40.7 Å². The quantitative estimate of drug-likeness (QED) is 0.484. The number of carbonyl (C=O) groups is 3. The normalized spacial score (nSPS) is 13.3. The maximum Gasteiger partial charge on any atom is 0.279 e. The molecule has 0 spiro atoms. The Hall–Kier alpha value is -4.10. The lowest BCUT2D eigenvalue weighted by atomic mass is 10.1. The predicted molar refractivity (Wildman–Crippen MR) is 131 cm³/mol. The first kappa shape index (κ1) is 23.1. The largest absolute Gasteiger partial charge is 0.497 e. The van der Waals surface area contributed by atoms with Crippen molar-refractivity contribution in [3.05, 3.63) is 100 Å². The van der Waals surface area contributed by atoms with Crippen LogP contribution in [0, 0.1) is 6.92 Å². The van der Waals surface area contributed by atoms with Crippen LogP contribution in [0.25, 0.3) is 0 Å². The Balaban J connectivity index is 1.52. The van der Waals surface area contributed by atoms with E-state index in [2.05, 4.69) is 10.6 Å². The monoisotopic (exact) mass is 475 g/mol. The van der Waals surface area contributed by atoms with Crippen molar-refractivity contribution in [1.29, 1.82) is 0 Å². The van der Waals surface area contributed by atoms with Crippen LogP contribution in [-0.2, 0) is 16.1 Å². The summed E-state index contributed by atoms with van der Waals surface area (Å²) in [7, 11) is 1.57. The third-order valence-corrected chi connectivity index (χ3v) is 5.75. The van der Waals surface area contributed by atoms with Gasteiger partial charge in [-0.15, -0.1) is 0 Å². The number of halogens is 1. The lowest BCUT2D eigenvalue weighted by Crippen LogP contribution is -2.31. The van der Waals surface area contributed by atoms with Crippen LogP contribution in [0.3, 0.4) is 0 Å². The minimum Gasteiger partial charge on any atom is -0.497 e. The van der Waals surface area contributed by atoms with Crippen LogP contribution in [-0.4, -0.2) is 29.7 Å². The number of carbonyl (C=O) groups excluding carboxylic acids is 3. The topological polar surface area (TPSA) is 87.7 Å². The second-order valence-corrected chi connectivity index (χ2v) is 8.09. The minimum atomic E-state index is -0.566. The molecule has 8 heteroatoms. The highest BCUT2D eigenvalue weighted by molar-refractivity contribution is 6.48. The zero-order valence-electron chi connectivity index (χ0n) is 18.6. The first-order valence-electron chi connectivity index (χ1n) is 10.5. The smallest absolute Gasteiger partial charge is 0.279 e. The van der Waals surface area contributed by atoms with Crippen LogP contribution >= 0.6 is 11.6 Å². The molecule has 0 aliphatic carbocycles. The molecule has 0 saturated heterocycles. The van der Waals surface area contributed by atoms with Gasteiger partial charge in [0.2, 0.25) is 0 Å². The number of ether oxygens (including phenoxy) is 1. The Morgan fingerprint density at radius 3 is 2.35 bits per heavy atom. The third-order valence-electron chi connectivity index (χ3n) is 5.40. The highest BCUT2D eigenvalue weighted by Crippen LogP contribution is 2.29. The van der Waals surface area contributed by atoms with E-state index in [4.69, 9.17) is 16.3 Å². The predicted octanol–water partition coefficient (Wildman–Crippen LogP) is 4.69. The molecule has 7 nitrogen and oxygen atoms in total. The number of aryl methyl sites for hydroxylation is 1. The Bertz CT molecular complexity index is 1290. The molecule has 0 bridgehead atoms. The molecular formula is C26H22ClN3O4. The zero-order chi connectivity index (χ0) is 24.2. The van der Waals surface area contributed by atoms with Gasteiger partial charge in [0.1, 0.15) is 16.5 Å². The number of hydrogen-bond donors (Lipinski definition) is 2. The molecule has 0 unspecified atom stereocenters. The summed E-state index contributed by atoms with van der Waals surface area (Å²) in [6.45, 7) is 1.94. The Kier molecular flexibility index (Phi) is 6.65. The maximum absolute atomic E-state index is 13.0. The highest BCUT2D eigenvalue weighted by atomic mass is 35.5. The van der Waals surface area contributed by atoms with Gasteiger partial charge >= 0.3 is 0 Å². The number of nitrogens with one attached hydrogen (secondary N) is 2. The average molecular weight is 476 g/mol. The Morgan fingerprint density at radius 1 is 0.971 bits per heavy atom. The van der Waals surface area contributed by atoms with Crippen LogP contribution in [0.2, 0.25) is 0 Å². The molecule has 1 aliphatic rings. The van der Waals surface area contributed by atoms with Gasteiger partial charge in [-0.1, -0.05) is 48.0 Å². The summed E-state index contributed by atoms with van der Waals surface area (Å²) in [6.07, 6.45) is 0. The second-order valence-electron chi connectivity index (χ2n) is 7.71. The fourth-order valence-electron chi connectivity index (χ4n) is 3.47. The summed E-state index contributed by atoms with van der Waals surface area (Å²) in [4.78, 5) is 39.5. The van der Waals surface area contributed by atoms with Gasteiger partial charge in [-0.3, -0.25) is 19.3 Å². The molecule has 3 amide bonds. The van der Waals surface area contributed by atoms with Crippen molar-refractivity contribution < 1.29 is 19.1 Å². The van der Waals surface area contributed by atoms with E-state index in [1.807, 2.05) is 37.3 Å². The van der Waals surface area contributed by atoms with Gasteiger partial charge in [0.05, 0.1) is 13.7 Å². The van der Waals surface area contributed by atoms with Crippen molar-refractivity contribution in [3.8, 4) is 5.75 Å². The molecule has 3 aromatic carbocycles. The number of methoxy groups -OCH3 is 1. The summed E-state index contributed by atoms with van der Waals surface area (Å²) in [5.41, 5.74) is 3.05. The Morgan fingerprint density at radius 2 is 1.68 bits per heavy atom. The van der Waals surface area contributed by atoms with E-state index in [9.17, 15) is 14.4 Å². The van der Waals surface area contributed by atoms with Crippen LogP contribution in [0.5, 0.6) is 5.75 Å². The second kappa shape index (κ2) is 9.80. The molecule has 3 aromatic rings. The van der Waals surface area contributed by atoms with E-state index in [0.717, 1.165) is 16.0 Å². The molecule has 4 rings (SSSR count). The van der Waals surface area contributed by atoms with E-state index in [0.29, 0.717) is 22.7 Å². The number of benzene rings is 3. The van der Waals surface area contributed by atoms with Gasteiger partial charge in [-0.05, 0) is 54.4 Å². The van der Waals surface area contributed by atoms with E-state index in [1.165, 1.54) is 0 Å². The lowest BCUT2D eigenvalue weighted by molar-refractivity contribution is -0.138. The van der Waals surface area contributed by atoms with E-state index < -0.39 is 11.8 Å². The highest BCUT2D eigenvalue weighted by Gasteiger charge is 2.38. The average Bonchev–Trinajstić information content (AvgIpc) is 3.04. The summed E-state index contributed by atoms with van der Waals surface area (Å²) < 4.78 is 5.13. The van der Waals surface area contributed by atoms with E-state index >= 15 is 0 Å². The lowest BCUT2D eigenvalue weighted by Gasteiger charge is -2.16. The van der Waals surface area contributed by atoms with Gasteiger partial charge < -0.3 is 15.4 Å². The van der Waals surface area contributed by atoms with Gasteiger partial charge in [-0.2, -0.15) is 0 Å². The van der Waals surface area contributed by atoms with Crippen molar-refractivity contribution in [1.82, 2.24) is 4.90 Å². The minimum absolute atomic E-state index is 0.0154. The molecule has 34 heavy (non-hydrogen) atoms. The van der Waals surface area contributed by atoms with Gasteiger partial charge in [0, 0.05) is 16.9 Å². The molecule has 1 aliphatic heterocycles. The molecule has 172 valence electrons. The number of imide groups is 1. The van der Waals surface area contributed by atoms with Crippen molar-refractivity contribution in [2.24, 2.45) is 0 Å². The molecule has 0 radical (unpaired) electrons. The van der Waals surface area contributed by atoms with Gasteiger partial charge in [-0.25, -0.2) is 0 Å². The number of anilines is 2. The van der Waals surface area contributed by atoms with E-state index in [1.54, 1.807) is 49.6 Å². The SMILES string of the molecule is COc1ccc(NC(=O)c2ccc(C)c(NC3=C(Cl)C(=O)N(Cc4ccccc4)C3=O)c2)cc1. The number of hydrogen-bond acceptors (Lipinski definition) is 5. The summed E-state index contributed by atoms with van der Waals surface area (Å²) in [6, 6.07) is 21.2. The molecule has 0 saturated carbocycles. The van der Waals surface area contributed by atoms with E-state index in [-0.39, 0.29) is 23.2 Å². The number of nitrogens with zero attached hydrogens (tertiary/aromatic N) is 1. The van der Waals surface area contributed by atoms with Crippen LogP contribution in [0.4, 0.5) is 11.4 Å². The fourth-order valence-corrected chi connectivity index (χ4v) is 3.70. The summed E-state index contributed by atoms with van der Waals surface area (Å²) in [5, 5.41) is 5.60. The van der Waals surface area contributed by atoms with Crippen LogP contribution in [0.1, 0.15) is 21.5 Å². The first-order chi connectivity index (χ1) is 16.4. The number of rotatable bonds is 7. The molecule has 0 atom stereocenters. The van der Waals surface area contributed by atoms with Crippen LogP contribution < -0.4 is 15.4 Å².